The van der Waals surface area contributed by atoms with Crippen LogP contribution in [0.5, 0.6) is 0 Å². The number of aromatic nitrogens is 3. The van der Waals surface area contributed by atoms with Crippen molar-refractivity contribution in [1.29, 1.82) is 0 Å². The highest BCUT2D eigenvalue weighted by Gasteiger charge is 2.24. The molecule has 5 nitrogen and oxygen atoms in total. The molecule has 0 aliphatic carbocycles. The summed E-state index contributed by atoms with van der Waals surface area (Å²) in [5, 5.41) is 5.47. The Morgan fingerprint density at radius 2 is 2.00 bits per heavy atom. The second-order valence-corrected chi connectivity index (χ2v) is 7.45. The zero-order chi connectivity index (χ0) is 17.6. The Morgan fingerprint density at radius 3 is 2.62 bits per heavy atom. The molecule has 0 aliphatic heterocycles. The van der Waals surface area contributed by atoms with Crippen LogP contribution in [0.3, 0.4) is 0 Å². The van der Waals surface area contributed by atoms with Crippen molar-refractivity contribution >= 4 is 27.5 Å². The predicted octanol–water partition coefficient (Wildman–Crippen LogP) is 3.79. The second kappa shape index (κ2) is 6.02. The van der Waals surface area contributed by atoms with Gasteiger partial charge in [-0.1, -0.05) is 0 Å². The Hall–Kier alpha value is -2.21. The zero-order valence-electron chi connectivity index (χ0n) is 14.9. The van der Waals surface area contributed by atoms with Crippen molar-refractivity contribution in [3.63, 3.8) is 0 Å². The highest BCUT2D eigenvalue weighted by atomic mass is 32.1. The highest BCUT2D eigenvalue weighted by Crippen LogP contribution is 2.28. The number of benzene rings is 1. The summed E-state index contributed by atoms with van der Waals surface area (Å²) < 4.78 is 2.92. The van der Waals surface area contributed by atoms with Gasteiger partial charge in [-0.05, 0) is 45.9 Å². The molecule has 0 saturated heterocycles. The summed E-state index contributed by atoms with van der Waals surface area (Å²) in [7, 11) is 3.78. The Balaban J connectivity index is 1.92. The van der Waals surface area contributed by atoms with E-state index in [1.54, 1.807) is 16.2 Å². The smallest absolute Gasteiger partial charge is 0.254 e. The van der Waals surface area contributed by atoms with E-state index in [1.807, 2.05) is 64.7 Å². The molecule has 0 unspecified atom stereocenters. The summed E-state index contributed by atoms with van der Waals surface area (Å²) in [6, 6.07) is 5.68. The number of rotatable bonds is 3. The summed E-state index contributed by atoms with van der Waals surface area (Å²) in [6.07, 6.45) is 0. The number of fused-ring (bicyclic) bond motifs is 1. The van der Waals surface area contributed by atoms with E-state index in [2.05, 4.69) is 10.1 Å². The van der Waals surface area contributed by atoms with Crippen LogP contribution in [0.15, 0.2) is 18.2 Å². The number of carbonyl (C=O) groups is 1. The fraction of sp³-hybridized carbons (Fsp3) is 0.389. The number of aryl methyl sites for hydroxylation is 3. The van der Waals surface area contributed by atoms with Crippen LogP contribution >= 0.6 is 11.3 Å². The van der Waals surface area contributed by atoms with Crippen molar-refractivity contribution in [2.75, 3.05) is 7.05 Å². The van der Waals surface area contributed by atoms with Gasteiger partial charge in [0.05, 0.1) is 27.0 Å². The number of carbonyl (C=O) groups excluding carboxylic acids is 1. The van der Waals surface area contributed by atoms with E-state index < -0.39 is 0 Å². The maximum absolute atomic E-state index is 12.9. The summed E-state index contributed by atoms with van der Waals surface area (Å²) in [4.78, 5) is 19.2. The molecular formula is C18H22N4OS. The van der Waals surface area contributed by atoms with E-state index in [0.29, 0.717) is 5.56 Å². The summed E-state index contributed by atoms with van der Waals surface area (Å²) in [5.74, 6) is 0.0121. The molecular weight excluding hydrogens is 320 g/mol. The van der Waals surface area contributed by atoms with Gasteiger partial charge in [-0.3, -0.25) is 9.48 Å². The Bertz CT molecular complexity index is 925. The van der Waals surface area contributed by atoms with E-state index in [0.717, 1.165) is 32.2 Å². The van der Waals surface area contributed by atoms with Crippen LogP contribution in [0.2, 0.25) is 0 Å². The van der Waals surface area contributed by atoms with Crippen LogP contribution in [-0.2, 0) is 7.05 Å². The van der Waals surface area contributed by atoms with Crippen LogP contribution in [0.25, 0.3) is 10.2 Å². The van der Waals surface area contributed by atoms with Crippen LogP contribution in [0, 0.1) is 20.8 Å². The summed E-state index contributed by atoms with van der Waals surface area (Å²) in [6.45, 7) is 8.05. The molecule has 3 aromatic rings. The lowest BCUT2D eigenvalue weighted by Gasteiger charge is -2.25. The lowest BCUT2D eigenvalue weighted by Crippen LogP contribution is -2.30. The molecule has 0 radical (unpaired) electrons. The van der Waals surface area contributed by atoms with Crippen LogP contribution < -0.4 is 0 Å². The summed E-state index contributed by atoms with van der Waals surface area (Å²) in [5.41, 5.74) is 4.82. The molecule has 2 aromatic heterocycles. The van der Waals surface area contributed by atoms with E-state index in [4.69, 9.17) is 0 Å². The van der Waals surface area contributed by atoms with Gasteiger partial charge in [-0.2, -0.15) is 5.10 Å². The van der Waals surface area contributed by atoms with Crippen molar-refractivity contribution < 1.29 is 4.79 Å². The number of hydrogen-bond donors (Lipinski definition) is 0. The van der Waals surface area contributed by atoms with E-state index >= 15 is 0 Å². The van der Waals surface area contributed by atoms with Gasteiger partial charge in [-0.15, -0.1) is 11.3 Å². The van der Waals surface area contributed by atoms with Crippen molar-refractivity contribution in [3.8, 4) is 0 Å². The lowest BCUT2D eigenvalue weighted by molar-refractivity contribution is 0.0742. The normalized spacial score (nSPS) is 12.6. The first-order chi connectivity index (χ1) is 11.3. The second-order valence-electron chi connectivity index (χ2n) is 6.22. The number of hydrogen-bond acceptors (Lipinski definition) is 4. The molecule has 0 saturated carbocycles. The standard InChI is InChI=1S/C18H22N4OS/c1-10-17(12(3)22(6)20-10)11(2)21(5)18(23)14-7-8-15-16(9-14)24-13(4)19-15/h7-9,11H,1-6H3/t11-/m0/s1. The SMILES string of the molecule is Cc1nc2ccc(C(=O)N(C)[C@@H](C)c3c(C)nn(C)c3C)cc2s1. The zero-order valence-corrected chi connectivity index (χ0v) is 15.7. The molecule has 24 heavy (non-hydrogen) atoms. The molecule has 0 aliphatic rings. The first kappa shape index (κ1) is 16.6. The van der Waals surface area contributed by atoms with Gasteiger partial charge in [0, 0.05) is 30.9 Å². The van der Waals surface area contributed by atoms with Gasteiger partial charge >= 0.3 is 0 Å². The van der Waals surface area contributed by atoms with Gasteiger partial charge in [0.25, 0.3) is 5.91 Å². The van der Waals surface area contributed by atoms with Crippen LogP contribution in [-0.4, -0.2) is 32.6 Å². The molecule has 1 atom stereocenters. The van der Waals surface area contributed by atoms with E-state index in [1.165, 1.54) is 0 Å². The molecule has 0 N–H and O–H groups in total. The van der Waals surface area contributed by atoms with Crippen LogP contribution in [0.4, 0.5) is 0 Å². The molecule has 6 heteroatoms. The number of thiazole rings is 1. The molecule has 126 valence electrons. The van der Waals surface area contributed by atoms with Gasteiger partial charge in [0.2, 0.25) is 0 Å². The minimum Gasteiger partial charge on any atom is -0.335 e. The average molecular weight is 342 g/mol. The average Bonchev–Trinajstić information content (AvgIpc) is 3.03. The molecule has 3 rings (SSSR count). The molecule has 1 aromatic carbocycles. The van der Waals surface area contributed by atoms with Crippen LogP contribution in [0.1, 0.15) is 45.3 Å². The van der Waals surface area contributed by atoms with Crippen molar-refractivity contribution in [2.24, 2.45) is 7.05 Å². The molecule has 0 fully saturated rings. The third-order valence-electron chi connectivity index (χ3n) is 4.63. The first-order valence-corrected chi connectivity index (χ1v) is 8.75. The number of amides is 1. The lowest BCUT2D eigenvalue weighted by atomic mass is 10.0. The Morgan fingerprint density at radius 1 is 1.29 bits per heavy atom. The van der Waals surface area contributed by atoms with E-state index in [-0.39, 0.29) is 11.9 Å². The third kappa shape index (κ3) is 2.71. The minimum atomic E-state index is -0.0370. The maximum atomic E-state index is 12.9. The third-order valence-corrected chi connectivity index (χ3v) is 5.56. The van der Waals surface area contributed by atoms with Crippen molar-refractivity contribution in [3.05, 3.63) is 45.7 Å². The van der Waals surface area contributed by atoms with Gasteiger partial charge in [-0.25, -0.2) is 4.98 Å². The van der Waals surface area contributed by atoms with Gasteiger partial charge in [0.15, 0.2) is 0 Å². The van der Waals surface area contributed by atoms with Gasteiger partial charge in [0.1, 0.15) is 0 Å². The Kier molecular flexibility index (Phi) is 4.17. The largest absolute Gasteiger partial charge is 0.335 e. The molecule has 0 spiro atoms. The fourth-order valence-electron chi connectivity index (χ4n) is 3.14. The summed E-state index contributed by atoms with van der Waals surface area (Å²) >= 11 is 1.61. The number of nitrogens with zero attached hydrogens (tertiary/aromatic N) is 4. The van der Waals surface area contributed by atoms with E-state index in [9.17, 15) is 4.79 Å². The first-order valence-electron chi connectivity index (χ1n) is 7.94. The Labute approximate surface area is 145 Å². The quantitative estimate of drug-likeness (QED) is 0.728. The minimum absolute atomic E-state index is 0.0121. The van der Waals surface area contributed by atoms with Crippen molar-refractivity contribution in [2.45, 2.75) is 33.7 Å². The topological polar surface area (TPSA) is 51.0 Å². The molecule has 2 heterocycles. The van der Waals surface area contributed by atoms with Crippen molar-refractivity contribution in [1.82, 2.24) is 19.7 Å². The van der Waals surface area contributed by atoms with Gasteiger partial charge < -0.3 is 4.90 Å². The fourth-order valence-corrected chi connectivity index (χ4v) is 4.01. The maximum Gasteiger partial charge on any atom is 0.254 e. The monoisotopic (exact) mass is 342 g/mol. The molecule has 1 amide bonds. The predicted molar refractivity (Wildman–Crippen MR) is 97.5 cm³/mol. The molecule has 0 bridgehead atoms. The highest BCUT2D eigenvalue weighted by molar-refractivity contribution is 7.18.